The van der Waals surface area contributed by atoms with Crippen molar-refractivity contribution in [3.8, 4) is 0 Å². The van der Waals surface area contributed by atoms with Gasteiger partial charge in [0.2, 0.25) is 5.91 Å². The number of carbonyl (C=O) groups excluding carboxylic acids is 2. The van der Waals surface area contributed by atoms with E-state index in [2.05, 4.69) is 12.1 Å². The molecule has 0 unspecified atom stereocenters. The average molecular weight is 307 g/mol. The number of hydrogen-bond donors (Lipinski definition) is 0. The highest BCUT2D eigenvalue weighted by molar-refractivity contribution is 5.85. The summed E-state index contributed by atoms with van der Waals surface area (Å²) in [5.41, 5.74) is 2.19. The van der Waals surface area contributed by atoms with Crippen molar-refractivity contribution in [1.82, 2.24) is 4.90 Å². The van der Waals surface area contributed by atoms with Crippen molar-refractivity contribution in [1.29, 1.82) is 0 Å². The molecule has 1 saturated heterocycles. The van der Waals surface area contributed by atoms with Crippen LogP contribution in [0.25, 0.3) is 0 Å². The second kappa shape index (κ2) is 7.23. The quantitative estimate of drug-likeness (QED) is 0.870. The number of hydrogen-bond acceptors (Lipinski definition) is 2. The van der Waals surface area contributed by atoms with Gasteiger partial charge in [0.15, 0.2) is 0 Å². The summed E-state index contributed by atoms with van der Waals surface area (Å²) in [7, 11) is 0. The van der Waals surface area contributed by atoms with Gasteiger partial charge in [-0.05, 0) is 17.5 Å². The molecular formula is C20H21NO2. The number of Topliss-reactive ketones (excluding diaryl/α,β-unsaturated/α-hetero) is 1. The van der Waals surface area contributed by atoms with Gasteiger partial charge in [0.1, 0.15) is 5.78 Å². The Kier molecular flexibility index (Phi) is 4.86. The van der Waals surface area contributed by atoms with E-state index < -0.39 is 0 Å². The number of carbonyl (C=O) groups is 2. The third kappa shape index (κ3) is 4.07. The molecule has 0 spiro atoms. The molecule has 0 aliphatic carbocycles. The molecule has 0 aromatic heterocycles. The lowest BCUT2D eigenvalue weighted by Gasteiger charge is -2.35. The Morgan fingerprint density at radius 1 is 0.957 bits per heavy atom. The van der Waals surface area contributed by atoms with Crippen molar-refractivity contribution >= 4 is 11.7 Å². The molecule has 1 amide bonds. The SMILES string of the molecule is O=C1CCN(C(=O)Cc2ccccc2)[C@@H](Cc2ccccc2)C1. The molecule has 1 aliphatic heterocycles. The molecule has 2 aromatic rings. The number of nitrogens with zero attached hydrogens (tertiary/aromatic N) is 1. The van der Waals surface area contributed by atoms with Crippen LogP contribution in [0.2, 0.25) is 0 Å². The van der Waals surface area contributed by atoms with Crippen molar-refractivity contribution < 1.29 is 9.59 Å². The third-order valence-corrected chi connectivity index (χ3v) is 4.37. The van der Waals surface area contributed by atoms with E-state index in [1.165, 1.54) is 5.56 Å². The summed E-state index contributed by atoms with van der Waals surface area (Å²) in [6.45, 7) is 0.544. The topological polar surface area (TPSA) is 37.4 Å². The molecule has 0 radical (unpaired) electrons. The first-order chi connectivity index (χ1) is 11.2. The van der Waals surface area contributed by atoms with Gasteiger partial charge in [-0.3, -0.25) is 9.59 Å². The maximum atomic E-state index is 12.7. The lowest BCUT2D eigenvalue weighted by molar-refractivity contribution is -0.137. The number of amides is 1. The second-order valence-corrected chi connectivity index (χ2v) is 6.09. The van der Waals surface area contributed by atoms with E-state index in [1.54, 1.807) is 0 Å². The molecule has 0 bridgehead atoms. The van der Waals surface area contributed by atoms with Gasteiger partial charge >= 0.3 is 0 Å². The first-order valence-corrected chi connectivity index (χ1v) is 8.11. The summed E-state index contributed by atoms with van der Waals surface area (Å²) >= 11 is 0. The normalized spacial score (nSPS) is 18.0. The number of likely N-dealkylation sites (tertiary alicyclic amines) is 1. The van der Waals surface area contributed by atoms with Crippen molar-refractivity contribution in [3.63, 3.8) is 0 Å². The predicted octanol–water partition coefficient (Wildman–Crippen LogP) is 3.03. The zero-order valence-electron chi connectivity index (χ0n) is 13.2. The van der Waals surface area contributed by atoms with Crippen LogP contribution in [0.4, 0.5) is 0 Å². The molecule has 23 heavy (non-hydrogen) atoms. The van der Waals surface area contributed by atoms with Gasteiger partial charge in [0, 0.05) is 25.4 Å². The van der Waals surface area contributed by atoms with Crippen molar-refractivity contribution in [3.05, 3.63) is 71.8 Å². The first kappa shape index (κ1) is 15.5. The minimum Gasteiger partial charge on any atom is -0.338 e. The van der Waals surface area contributed by atoms with Gasteiger partial charge in [-0.2, -0.15) is 0 Å². The summed E-state index contributed by atoms with van der Waals surface area (Å²) in [5, 5.41) is 0. The predicted molar refractivity (Wildman–Crippen MR) is 90.0 cm³/mol. The molecule has 1 aliphatic rings. The highest BCUT2D eigenvalue weighted by Crippen LogP contribution is 2.20. The minimum absolute atomic E-state index is 0.0186. The molecule has 0 saturated carbocycles. The average Bonchev–Trinajstić information content (AvgIpc) is 2.57. The monoisotopic (exact) mass is 307 g/mol. The highest BCUT2D eigenvalue weighted by Gasteiger charge is 2.30. The van der Waals surface area contributed by atoms with Crippen LogP contribution in [0.3, 0.4) is 0 Å². The maximum Gasteiger partial charge on any atom is 0.227 e. The van der Waals surface area contributed by atoms with Crippen LogP contribution in [0.15, 0.2) is 60.7 Å². The zero-order chi connectivity index (χ0) is 16.1. The fraction of sp³-hybridized carbons (Fsp3) is 0.300. The van der Waals surface area contributed by atoms with E-state index >= 15 is 0 Å². The van der Waals surface area contributed by atoms with Crippen molar-refractivity contribution in [2.75, 3.05) is 6.54 Å². The third-order valence-electron chi connectivity index (χ3n) is 4.37. The van der Waals surface area contributed by atoms with Gasteiger partial charge < -0.3 is 4.90 Å². The van der Waals surface area contributed by atoms with Crippen molar-refractivity contribution in [2.24, 2.45) is 0 Å². The van der Waals surface area contributed by atoms with Crippen LogP contribution in [0.1, 0.15) is 24.0 Å². The summed E-state index contributed by atoms with van der Waals surface area (Å²) in [5.74, 6) is 0.374. The minimum atomic E-state index is -0.0186. The Bertz CT molecular complexity index is 667. The van der Waals surface area contributed by atoms with Gasteiger partial charge in [-0.1, -0.05) is 60.7 Å². The van der Waals surface area contributed by atoms with E-state index in [0.717, 1.165) is 12.0 Å². The van der Waals surface area contributed by atoms with Gasteiger partial charge in [0.25, 0.3) is 0 Å². The zero-order valence-corrected chi connectivity index (χ0v) is 13.2. The molecule has 3 heteroatoms. The van der Waals surface area contributed by atoms with Gasteiger partial charge in [0.05, 0.1) is 6.42 Å². The number of piperidine rings is 1. The van der Waals surface area contributed by atoms with Gasteiger partial charge in [-0.15, -0.1) is 0 Å². The highest BCUT2D eigenvalue weighted by atomic mass is 16.2. The molecule has 2 aromatic carbocycles. The van der Waals surface area contributed by atoms with E-state index in [-0.39, 0.29) is 17.7 Å². The Hall–Kier alpha value is -2.42. The molecule has 3 rings (SSSR count). The van der Waals surface area contributed by atoms with Gasteiger partial charge in [-0.25, -0.2) is 0 Å². The molecule has 1 atom stereocenters. The molecule has 0 N–H and O–H groups in total. The summed E-state index contributed by atoms with van der Waals surface area (Å²) in [4.78, 5) is 26.4. The second-order valence-electron chi connectivity index (χ2n) is 6.09. The fourth-order valence-electron chi connectivity index (χ4n) is 3.17. The fourth-order valence-corrected chi connectivity index (χ4v) is 3.17. The molecule has 1 fully saturated rings. The number of rotatable bonds is 4. The Morgan fingerprint density at radius 2 is 1.57 bits per heavy atom. The van der Waals surface area contributed by atoms with Crippen LogP contribution < -0.4 is 0 Å². The van der Waals surface area contributed by atoms with Crippen LogP contribution in [0.5, 0.6) is 0 Å². The first-order valence-electron chi connectivity index (χ1n) is 8.11. The Morgan fingerprint density at radius 3 is 2.22 bits per heavy atom. The lowest BCUT2D eigenvalue weighted by Crippen LogP contribution is -2.48. The van der Waals surface area contributed by atoms with E-state index in [1.807, 2.05) is 53.4 Å². The smallest absolute Gasteiger partial charge is 0.227 e. The standard InChI is InChI=1S/C20H21NO2/c22-19-11-12-21(20(23)14-17-9-5-2-6-10-17)18(15-19)13-16-7-3-1-4-8-16/h1-10,18H,11-15H2/t18-/m0/s1. The number of ketones is 1. The lowest BCUT2D eigenvalue weighted by atomic mass is 9.94. The Labute approximate surface area is 136 Å². The summed E-state index contributed by atoms with van der Waals surface area (Å²) in [6.07, 6.45) is 2.09. The van der Waals surface area contributed by atoms with Crippen LogP contribution in [0, 0.1) is 0 Å². The number of benzene rings is 2. The van der Waals surface area contributed by atoms with Crippen LogP contribution >= 0.6 is 0 Å². The molecule has 3 nitrogen and oxygen atoms in total. The van der Waals surface area contributed by atoms with Crippen LogP contribution in [-0.2, 0) is 22.4 Å². The van der Waals surface area contributed by atoms with E-state index in [9.17, 15) is 9.59 Å². The van der Waals surface area contributed by atoms with Crippen LogP contribution in [-0.4, -0.2) is 29.2 Å². The molecule has 118 valence electrons. The molecule has 1 heterocycles. The summed E-state index contributed by atoms with van der Waals surface area (Å²) in [6, 6.07) is 19.9. The maximum absolute atomic E-state index is 12.7. The largest absolute Gasteiger partial charge is 0.338 e. The van der Waals surface area contributed by atoms with E-state index in [0.29, 0.717) is 25.8 Å². The molecular weight excluding hydrogens is 286 g/mol. The van der Waals surface area contributed by atoms with Crippen molar-refractivity contribution in [2.45, 2.75) is 31.7 Å². The Balaban J connectivity index is 1.72. The van der Waals surface area contributed by atoms with E-state index in [4.69, 9.17) is 0 Å². The summed E-state index contributed by atoms with van der Waals surface area (Å²) < 4.78 is 0.